The number of rotatable bonds is 3. The van der Waals surface area contributed by atoms with Crippen molar-refractivity contribution in [3.63, 3.8) is 0 Å². The number of nitrogens with zero attached hydrogens (tertiary/aromatic N) is 3. The van der Waals surface area contributed by atoms with E-state index >= 15 is 0 Å². The van der Waals surface area contributed by atoms with Crippen LogP contribution in [0.1, 0.15) is 15.4 Å². The largest absolute Gasteiger partial charge is 0.476 e. The molecular formula is C11H11N3O2S. The molecule has 0 radical (unpaired) electrons. The Labute approximate surface area is 102 Å². The number of anilines is 2. The van der Waals surface area contributed by atoms with Crippen LogP contribution in [0.4, 0.5) is 10.8 Å². The fourth-order valence-electron chi connectivity index (χ4n) is 1.39. The number of aryl methyl sites for hydroxylation is 1. The molecule has 6 heteroatoms. The van der Waals surface area contributed by atoms with E-state index in [1.165, 1.54) is 11.3 Å². The zero-order valence-corrected chi connectivity index (χ0v) is 10.2. The molecular weight excluding hydrogens is 238 g/mol. The van der Waals surface area contributed by atoms with Crippen molar-refractivity contribution < 1.29 is 9.90 Å². The lowest BCUT2D eigenvalue weighted by Gasteiger charge is -2.14. The topological polar surface area (TPSA) is 66.3 Å². The van der Waals surface area contributed by atoms with E-state index in [2.05, 4.69) is 9.97 Å². The van der Waals surface area contributed by atoms with Gasteiger partial charge in [0.1, 0.15) is 0 Å². The second-order valence-electron chi connectivity index (χ2n) is 3.48. The van der Waals surface area contributed by atoms with Crippen LogP contribution in [-0.4, -0.2) is 28.1 Å². The minimum atomic E-state index is -0.996. The molecule has 2 aromatic rings. The lowest BCUT2D eigenvalue weighted by Crippen LogP contribution is -2.09. The van der Waals surface area contributed by atoms with E-state index in [1.807, 2.05) is 24.1 Å². The predicted octanol–water partition coefficient (Wildman–Crippen LogP) is 2.31. The molecule has 0 aliphatic carbocycles. The Morgan fingerprint density at radius 2 is 2.29 bits per heavy atom. The number of thiazole rings is 1. The van der Waals surface area contributed by atoms with Gasteiger partial charge in [-0.15, -0.1) is 11.3 Å². The molecule has 17 heavy (non-hydrogen) atoms. The Bertz CT molecular complexity index is 539. The number of hydrogen-bond donors (Lipinski definition) is 1. The molecule has 0 fully saturated rings. The van der Waals surface area contributed by atoms with Crippen molar-refractivity contribution in [2.24, 2.45) is 0 Å². The molecule has 0 unspecified atom stereocenters. The highest BCUT2D eigenvalue weighted by molar-refractivity contribution is 7.15. The Kier molecular flexibility index (Phi) is 3.06. The van der Waals surface area contributed by atoms with Crippen molar-refractivity contribution in [3.05, 3.63) is 35.1 Å². The van der Waals surface area contributed by atoms with Gasteiger partial charge in [-0.1, -0.05) is 0 Å². The summed E-state index contributed by atoms with van der Waals surface area (Å²) < 4.78 is 0. The third-order valence-corrected chi connectivity index (χ3v) is 3.36. The summed E-state index contributed by atoms with van der Waals surface area (Å²) in [6.07, 6.45) is 3.39. The van der Waals surface area contributed by atoms with Crippen LogP contribution in [0, 0.1) is 6.92 Å². The van der Waals surface area contributed by atoms with Crippen molar-refractivity contribution >= 4 is 28.1 Å². The van der Waals surface area contributed by atoms with Crippen molar-refractivity contribution in [2.45, 2.75) is 6.92 Å². The van der Waals surface area contributed by atoms with Crippen LogP contribution < -0.4 is 4.90 Å². The van der Waals surface area contributed by atoms with E-state index in [-0.39, 0.29) is 5.69 Å². The van der Waals surface area contributed by atoms with Crippen LogP contribution in [0.5, 0.6) is 0 Å². The smallest absolute Gasteiger partial charge is 0.355 e. The van der Waals surface area contributed by atoms with Gasteiger partial charge in [0, 0.05) is 18.1 Å². The van der Waals surface area contributed by atoms with Crippen LogP contribution >= 0.6 is 11.3 Å². The molecule has 0 aromatic carbocycles. The zero-order chi connectivity index (χ0) is 12.4. The van der Waals surface area contributed by atoms with Crippen LogP contribution in [0.25, 0.3) is 0 Å². The van der Waals surface area contributed by atoms with Crippen LogP contribution in [0.3, 0.4) is 0 Å². The summed E-state index contributed by atoms with van der Waals surface area (Å²) in [7, 11) is 1.83. The molecule has 0 aliphatic heterocycles. The quantitative estimate of drug-likeness (QED) is 0.904. The first-order valence-electron chi connectivity index (χ1n) is 4.94. The van der Waals surface area contributed by atoms with Crippen molar-refractivity contribution in [3.8, 4) is 0 Å². The number of pyridine rings is 1. The fourth-order valence-corrected chi connectivity index (χ4v) is 2.27. The summed E-state index contributed by atoms with van der Waals surface area (Å²) in [6, 6.07) is 3.72. The average Bonchev–Trinajstić information content (AvgIpc) is 2.71. The summed E-state index contributed by atoms with van der Waals surface area (Å²) in [6.45, 7) is 1.75. The molecule has 2 aromatic heterocycles. The molecule has 5 nitrogen and oxygen atoms in total. The fraction of sp³-hybridized carbons (Fsp3) is 0.182. The second-order valence-corrected chi connectivity index (χ2v) is 4.66. The molecule has 0 saturated carbocycles. The van der Waals surface area contributed by atoms with Gasteiger partial charge < -0.3 is 10.0 Å². The van der Waals surface area contributed by atoms with Crippen molar-refractivity contribution in [1.29, 1.82) is 0 Å². The molecule has 0 bridgehead atoms. The number of carboxylic acid groups (broad SMARTS) is 1. The summed E-state index contributed by atoms with van der Waals surface area (Å²) in [5.74, 6) is -0.996. The molecule has 0 saturated heterocycles. The first-order chi connectivity index (χ1) is 8.09. The second kappa shape index (κ2) is 4.50. The summed E-state index contributed by atoms with van der Waals surface area (Å²) in [4.78, 5) is 21.5. The van der Waals surface area contributed by atoms with Gasteiger partial charge in [0.25, 0.3) is 0 Å². The van der Waals surface area contributed by atoms with Gasteiger partial charge in [-0.25, -0.2) is 9.78 Å². The van der Waals surface area contributed by atoms with E-state index in [4.69, 9.17) is 5.11 Å². The van der Waals surface area contributed by atoms with E-state index in [0.29, 0.717) is 10.0 Å². The van der Waals surface area contributed by atoms with Crippen LogP contribution in [-0.2, 0) is 0 Å². The van der Waals surface area contributed by atoms with Crippen LogP contribution in [0.15, 0.2) is 24.5 Å². The van der Waals surface area contributed by atoms with Gasteiger partial charge in [-0.05, 0) is 19.1 Å². The maximum absolute atomic E-state index is 10.9. The minimum absolute atomic E-state index is 0.112. The summed E-state index contributed by atoms with van der Waals surface area (Å²) in [5.41, 5.74) is 0.985. The minimum Gasteiger partial charge on any atom is -0.476 e. The highest BCUT2D eigenvalue weighted by atomic mass is 32.1. The standard InChI is InChI=1S/C11H11N3O2S/c1-7-9(10(15)16)13-11(17-7)14(2)8-4-3-5-12-6-8/h3-6H,1-2H3,(H,15,16). The lowest BCUT2D eigenvalue weighted by atomic mass is 10.4. The molecule has 0 atom stereocenters. The third kappa shape index (κ3) is 2.26. The van der Waals surface area contributed by atoms with Gasteiger partial charge in [0.05, 0.1) is 11.9 Å². The SMILES string of the molecule is Cc1sc(N(C)c2cccnc2)nc1C(=O)O. The maximum Gasteiger partial charge on any atom is 0.355 e. The summed E-state index contributed by atoms with van der Waals surface area (Å²) in [5, 5.41) is 9.59. The van der Waals surface area contributed by atoms with Gasteiger partial charge >= 0.3 is 5.97 Å². The highest BCUT2D eigenvalue weighted by Gasteiger charge is 2.16. The Morgan fingerprint density at radius 3 is 2.82 bits per heavy atom. The Balaban J connectivity index is 2.35. The number of carbonyl (C=O) groups is 1. The molecule has 0 spiro atoms. The van der Waals surface area contributed by atoms with Crippen LogP contribution in [0.2, 0.25) is 0 Å². The van der Waals surface area contributed by atoms with Gasteiger partial charge in [0.15, 0.2) is 10.8 Å². The molecule has 0 aliphatic rings. The van der Waals surface area contributed by atoms with Crippen molar-refractivity contribution in [2.75, 3.05) is 11.9 Å². The molecule has 88 valence electrons. The van der Waals surface area contributed by atoms with Crippen molar-refractivity contribution in [1.82, 2.24) is 9.97 Å². The normalized spacial score (nSPS) is 10.2. The molecule has 1 N–H and O–H groups in total. The zero-order valence-electron chi connectivity index (χ0n) is 9.41. The molecule has 2 heterocycles. The Hall–Kier alpha value is -1.95. The number of aromatic carboxylic acids is 1. The first-order valence-corrected chi connectivity index (χ1v) is 5.75. The monoisotopic (exact) mass is 249 g/mol. The lowest BCUT2D eigenvalue weighted by molar-refractivity contribution is 0.0690. The van der Waals surface area contributed by atoms with Gasteiger partial charge in [-0.2, -0.15) is 0 Å². The maximum atomic E-state index is 10.9. The van der Waals surface area contributed by atoms with E-state index in [9.17, 15) is 4.79 Å². The average molecular weight is 249 g/mol. The van der Waals surface area contributed by atoms with E-state index in [1.54, 1.807) is 19.3 Å². The highest BCUT2D eigenvalue weighted by Crippen LogP contribution is 2.29. The number of hydrogen-bond acceptors (Lipinski definition) is 5. The van der Waals surface area contributed by atoms with Gasteiger partial charge in [-0.3, -0.25) is 4.98 Å². The Morgan fingerprint density at radius 1 is 1.53 bits per heavy atom. The first kappa shape index (κ1) is 11.5. The van der Waals surface area contributed by atoms with E-state index < -0.39 is 5.97 Å². The van der Waals surface area contributed by atoms with Gasteiger partial charge in [0.2, 0.25) is 0 Å². The van der Waals surface area contributed by atoms with E-state index in [0.717, 1.165) is 5.69 Å². The number of aromatic nitrogens is 2. The summed E-state index contributed by atoms with van der Waals surface area (Å²) >= 11 is 1.35. The molecule has 2 rings (SSSR count). The predicted molar refractivity (Wildman–Crippen MR) is 66.1 cm³/mol. The molecule has 0 amide bonds. The number of carboxylic acids is 1. The third-order valence-electron chi connectivity index (χ3n) is 2.31.